The van der Waals surface area contributed by atoms with Crippen LogP contribution in [0, 0.1) is 0 Å². The quantitative estimate of drug-likeness (QED) is 0.132. The van der Waals surface area contributed by atoms with Crippen molar-refractivity contribution >= 4 is 31.0 Å². The van der Waals surface area contributed by atoms with Crippen LogP contribution in [0.1, 0.15) is 50.0 Å². The summed E-state index contributed by atoms with van der Waals surface area (Å²) in [6, 6.07) is 39.6. The van der Waals surface area contributed by atoms with Crippen molar-refractivity contribution in [3.63, 3.8) is 0 Å². The molecular formula is C38H29N3O4Se. The van der Waals surface area contributed by atoms with Crippen molar-refractivity contribution in [1.82, 2.24) is 15.0 Å². The topological polar surface area (TPSA) is 83.3 Å². The summed E-state index contributed by atoms with van der Waals surface area (Å²) in [5, 5.41) is 8.59. The Balaban J connectivity index is 1.33. The molecule has 2 heterocycles. The first-order valence-electron chi connectivity index (χ1n) is 14.9. The number of ketones is 2. The van der Waals surface area contributed by atoms with Gasteiger partial charge in [-0.25, -0.2) is 0 Å². The third kappa shape index (κ3) is 6.01. The number of benzene rings is 5. The molecule has 0 N–H and O–H groups in total. The van der Waals surface area contributed by atoms with E-state index >= 15 is 0 Å². The number of para-hydroxylation sites is 1. The van der Waals surface area contributed by atoms with Crippen molar-refractivity contribution in [2.75, 3.05) is 0 Å². The fraction of sp³-hybridized carbons (Fsp3) is 0.105. The van der Waals surface area contributed by atoms with Gasteiger partial charge in [0.2, 0.25) is 0 Å². The van der Waals surface area contributed by atoms with Crippen molar-refractivity contribution in [3.05, 3.63) is 167 Å². The molecule has 0 saturated carbocycles. The maximum absolute atomic E-state index is 14.2. The van der Waals surface area contributed by atoms with Gasteiger partial charge in [0.15, 0.2) is 0 Å². The van der Waals surface area contributed by atoms with Crippen molar-refractivity contribution in [3.8, 4) is 17.2 Å². The van der Waals surface area contributed by atoms with Crippen molar-refractivity contribution in [2.45, 2.75) is 24.5 Å². The molecule has 7 rings (SSSR count). The molecule has 226 valence electrons. The Hall–Kier alpha value is -5.30. The van der Waals surface area contributed by atoms with Crippen molar-refractivity contribution < 1.29 is 19.1 Å². The second kappa shape index (κ2) is 12.6. The SMILES string of the molecule is CC1([Se]c2ccccc2)Cc2c(OCc3cn(-c4ccccc4)nn3)c(C(=O)c3ccccc3)cc(C(=O)c3ccccc3)c2O1. The van der Waals surface area contributed by atoms with E-state index in [4.69, 9.17) is 9.47 Å². The van der Waals surface area contributed by atoms with Gasteiger partial charge in [-0.1, -0.05) is 6.07 Å². The molecule has 0 spiro atoms. The van der Waals surface area contributed by atoms with Gasteiger partial charge in [0.25, 0.3) is 0 Å². The number of aromatic nitrogens is 3. The standard InChI is InChI=1S/C38H29N3O4Se/c1-38(46-30-20-12-5-13-21-30)23-33-36(44-25-28-24-41(40-39-28)29-18-10-4-11-19-29)31(34(42)26-14-6-2-7-15-26)22-32(37(33)45-38)35(43)27-16-8-3-9-17-27/h2-22,24H,23,25H2,1H3. The Kier molecular flexibility index (Phi) is 8.05. The van der Waals surface area contributed by atoms with E-state index in [0.29, 0.717) is 51.4 Å². The Morgan fingerprint density at radius 2 is 1.37 bits per heavy atom. The molecule has 5 aromatic carbocycles. The number of hydrogen-bond acceptors (Lipinski definition) is 6. The van der Waals surface area contributed by atoms with Gasteiger partial charge >= 0.3 is 268 Å². The van der Waals surface area contributed by atoms with Gasteiger partial charge in [0.05, 0.1) is 0 Å². The van der Waals surface area contributed by atoms with Crippen LogP contribution in [0.2, 0.25) is 0 Å². The molecule has 1 atom stereocenters. The molecule has 0 fully saturated rings. The number of hydrogen-bond donors (Lipinski definition) is 0. The zero-order valence-electron chi connectivity index (χ0n) is 25.0. The second-order valence-electron chi connectivity index (χ2n) is 11.1. The van der Waals surface area contributed by atoms with Crippen LogP contribution < -0.4 is 13.9 Å². The summed E-state index contributed by atoms with van der Waals surface area (Å²) in [6.45, 7) is 2.13. The van der Waals surface area contributed by atoms with Crippen LogP contribution >= 0.6 is 0 Å². The molecule has 0 aliphatic carbocycles. The van der Waals surface area contributed by atoms with E-state index in [1.54, 1.807) is 41.2 Å². The van der Waals surface area contributed by atoms with Gasteiger partial charge in [0, 0.05) is 0 Å². The minimum atomic E-state index is -0.620. The van der Waals surface area contributed by atoms with Gasteiger partial charge in [-0.3, -0.25) is 0 Å². The molecule has 1 aromatic heterocycles. The maximum atomic E-state index is 14.2. The molecule has 0 radical (unpaired) electrons. The summed E-state index contributed by atoms with van der Waals surface area (Å²) in [5.41, 5.74) is 3.83. The van der Waals surface area contributed by atoms with Crippen LogP contribution in [0.25, 0.3) is 5.69 Å². The third-order valence-electron chi connectivity index (χ3n) is 7.71. The summed E-state index contributed by atoms with van der Waals surface area (Å²) in [6.07, 6.45) is 2.27. The fourth-order valence-corrected chi connectivity index (χ4v) is 7.94. The van der Waals surface area contributed by atoms with Crippen molar-refractivity contribution in [1.29, 1.82) is 0 Å². The Morgan fingerprint density at radius 1 is 0.804 bits per heavy atom. The number of carbonyl (C=O) groups is 2. The zero-order valence-corrected chi connectivity index (χ0v) is 26.7. The predicted octanol–water partition coefficient (Wildman–Crippen LogP) is 5.99. The molecule has 1 aliphatic heterocycles. The number of carbonyl (C=O) groups excluding carboxylic acids is 2. The van der Waals surface area contributed by atoms with E-state index in [0.717, 1.165) is 5.69 Å². The van der Waals surface area contributed by atoms with E-state index < -0.39 is 4.50 Å². The first-order valence-corrected chi connectivity index (χ1v) is 16.6. The van der Waals surface area contributed by atoms with Crippen molar-refractivity contribution in [2.24, 2.45) is 0 Å². The molecule has 1 aliphatic rings. The first-order chi connectivity index (χ1) is 22.5. The van der Waals surface area contributed by atoms with Gasteiger partial charge in [-0.05, 0) is 0 Å². The summed E-state index contributed by atoms with van der Waals surface area (Å²) in [4.78, 5) is 28.2. The Bertz CT molecular complexity index is 2020. The van der Waals surface area contributed by atoms with E-state index in [2.05, 4.69) is 29.4 Å². The average Bonchev–Trinajstić information content (AvgIpc) is 3.72. The second-order valence-corrected chi connectivity index (χ2v) is 14.3. The molecule has 6 aromatic rings. The Morgan fingerprint density at radius 3 is 2.00 bits per heavy atom. The number of ether oxygens (including phenoxy) is 2. The van der Waals surface area contributed by atoms with E-state index in [1.165, 1.54) is 4.46 Å². The zero-order chi connectivity index (χ0) is 31.5. The number of nitrogens with zero attached hydrogens (tertiary/aromatic N) is 3. The molecule has 7 nitrogen and oxygen atoms in total. The average molecular weight is 671 g/mol. The van der Waals surface area contributed by atoms with Crippen LogP contribution in [0.15, 0.2) is 134 Å². The predicted molar refractivity (Wildman–Crippen MR) is 176 cm³/mol. The van der Waals surface area contributed by atoms with Crippen LogP contribution in [0.5, 0.6) is 11.5 Å². The van der Waals surface area contributed by atoms with E-state index in [-0.39, 0.29) is 33.1 Å². The molecule has 46 heavy (non-hydrogen) atoms. The summed E-state index contributed by atoms with van der Waals surface area (Å²) in [7, 11) is 0. The molecule has 8 heteroatoms. The molecular weight excluding hydrogens is 641 g/mol. The molecule has 1 unspecified atom stereocenters. The van der Waals surface area contributed by atoms with Crippen LogP contribution in [-0.4, -0.2) is 46.0 Å². The fourth-order valence-electron chi connectivity index (χ4n) is 5.56. The van der Waals surface area contributed by atoms with E-state index in [1.807, 2.05) is 84.9 Å². The van der Waals surface area contributed by atoms with Crippen LogP contribution in [-0.2, 0) is 13.0 Å². The molecule has 0 amide bonds. The van der Waals surface area contributed by atoms with Crippen LogP contribution in [0.3, 0.4) is 0 Å². The van der Waals surface area contributed by atoms with Gasteiger partial charge < -0.3 is 0 Å². The summed E-state index contributed by atoms with van der Waals surface area (Å²) in [5.74, 6) is 0.403. The summed E-state index contributed by atoms with van der Waals surface area (Å²) >= 11 is -0.112. The van der Waals surface area contributed by atoms with Gasteiger partial charge in [-0.2, -0.15) is 0 Å². The van der Waals surface area contributed by atoms with Gasteiger partial charge in [0.1, 0.15) is 0 Å². The monoisotopic (exact) mass is 671 g/mol. The van der Waals surface area contributed by atoms with Crippen LogP contribution in [0.4, 0.5) is 0 Å². The van der Waals surface area contributed by atoms with E-state index in [9.17, 15) is 9.59 Å². The molecule has 0 bridgehead atoms. The van der Waals surface area contributed by atoms with Gasteiger partial charge in [-0.15, -0.1) is 0 Å². The summed E-state index contributed by atoms with van der Waals surface area (Å²) < 4.78 is 15.5. The first kappa shape index (κ1) is 29.4. The number of rotatable bonds is 10. The normalized spacial score (nSPS) is 15.2. The molecule has 0 saturated heterocycles. The third-order valence-corrected chi connectivity index (χ3v) is 10.2. The Labute approximate surface area is 273 Å². The number of fused-ring (bicyclic) bond motifs is 1. The minimum absolute atomic E-state index is 0.0703.